The second kappa shape index (κ2) is 10.2. The van der Waals surface area contributed by atoms with Gasteiger partial charge in [-0.05, 0) is 18.5 Å². The van der Waals surface area contributed by atoms with E-state index in [9.17, 15) is 0 Å². The molecule has 0 saturated heterocycles. The van der Waals surface area contributed by atoms with Gasteiger partial charge in [0.25, 0.3) is 0 Å². The summed E-state index contributed by atoms with van der Waals surface area (Å²) in [6, 6.07) is 10.3. The molecule has 12 heavy (non-hydrogen) atoms. The molecule has 2 N–H and O–H groups in total. The summed E-state index contributed by atoms with van der Waals surface area (Å²) in [6.45, 7) is 4.74. The van der Waals surface area contributed by atoms with Crippen molar-refractivity contribution in [3.05, 3.63) is 35.9 Å². The van der Waals surface area contributed by atoms with Gasteiger partial charge >= 0.3 is 0 Å². The summed E-state index contributed by atoms with van der Waals surface area (Å²) in [5.41, 5.74) is 6.68. The van der Waals surface area contributed by atoms with Gasteiger partial charge in [0.2, 0.25) is 0 Å². The van der Waals surface area contributed by atoms with Crippen molar-refractivity contribution in [2.75, 3.05) is 6.54 Å². The zero-order valence-electron chi connectivity index (χ0n) is 7.38. The fourth-order valence-corrected chi connectivity index (χ4v) is 0.811. The van der Waals surface area contributed by atoms with Crippen molar-refractivity contribution >= 4 is 0 Å². The number of hydrogen-bond acceptors (Lipinski definition) is 1. The molecule has 0 heterocycles. The number of benzene rings is 1. The third-order valence-electron chi connectivity index (χ3n) is 1.28. The first-order valence-corrected chi connectivity index (χ1v) is 4.17. The molecule has 0 aliphatic rings. The molecule has 0 spiro atoms. The maximum atomic E-state index is 5.36. The standard InChI is InChI=1S/C8H11N.C2H6.CH4/c9-7-6-8-4-2-1-3-5-8;1-2;/h1-5H,6-7,9H2;1-2H3;1H4. The lowest BCUT2D eigenvalue weighted by Crippen LogP contribution is -2.01. The lowest BCUT2D eigenvalue weighted by Gasteiger charge is -1.93. The van der Waals surface area contributed by atoms with E-state index in [1.165, 1.54) is 5.56 Å². The van der Waals surface area contributed by atoms with E-state index < -0.39 is 0 Å². The summed E-state index contributed by atoms with van der Waals surface area (Å²) in [5.74, 6) is 0. The highest BCUT2D eigenvalue weighted by atomic mass is 14.5. The van der Waals surface area contributed by atoms with Gasteiger partial charge < -0.3 is 5.73 Å². The van der Waals surface area contributed by atoms with Crippen LogP contribution in [0.1, 0.15) is 26.8 Å². The molecule has 1 heteroatoms. The van der Waals surface area contributed by atoms with Crippen LogP contribution in [0.25, 0.3) is 0 Å². The summed E-state index contributed by atoms with van der Waals surface area (Å²) >= 11 is 0. The summed E-state index contributed by atoms with van der Waals surface area (Å²) in [7, 11) is 0. The maximum absolute atomic E-state index is 5.36. The monoisotopic (exact) mass is 167 g/mol. The summed E-state index contributed by atoms with van der Waals surface area (Å²) < 4.78 is 0. The van der Waals surface area contributed by atoms with Crippen LogP contribution in [0.4, 0.5) is 0 Å². The zero-order valence-corrected chi connectivity index (χ0v) is 7.38. The molecule has 0 aromatic heterocycles. The molecule has 70 valence electrons. The zero-order chi connectivity index (χ0) is 8.53. The van der Waals surface area contributed by atoms with Crippen LogP contribution in [0.15, 0.2) is 30.3 Å². The van der Waals surface area contributed by atoms with Crippen molar-refractivity contribution in [3.8, 4) is 0 Å². The molecule has 0 radical (unpaired) electrons. The van der Waals surface area contributed by atoms with Gasteiger partial charge in [0.05, 0.1) is 0 Å². The van der Waals surface area contributed by atoms with E-state index >= 15 is 0 Å². The fraction of sp³-hybridized carbons (Fsp3) is 0.455. The molecule has 0 atom stereocenters. The van der Waals surface area contributed by atoms with E-state index in [1.54, 1.807) is 0 Å². The Morgan fingerprint density at radius 3 is 2.00 bits per heavy atom. The summed E-state index contributed by atoms with van der Waals surface area (Å²) in [6.07, 6.45) is 0.987. The van der Waals surface area contributed by atoms with Crippen LogP contribution in [0.5, 0.6) is 0 Å². The van der Waals surface area contributed by atoms with Gasteiger partial charge in [-0.25, -0.2) is 0 Å². The molecule has 0 fully saturated rings. The Kier molecular flexibility index (Phi) is 11.7. The number of hydrogen-bond donors (Lipinski definition) is 1. The second-order valence-electron chi connectivity index (χ2n) is 2.02. The maximum Gasteiger partial charge on any atom is -0.00367 e. The van der Waals surface area contributed by atoms with Crippen LogP contribution in [-0.2, 0) is 6.42 Å². The van der Waals surface area contributed by atoms with Crippen LogP contribution in [0.3, 0.4) is 0 Å². The molecule has 1 rings (SSSR count). The fourth-order valence-electron chi connectivity index (χ4n) is 0.811. The molecular weight excluding hydrogens is 146 g/mol. The van der Waals surface area contributed by atoms with Gasteiger partial charge in [0, 0.05) is 0 Å². The van der Waals surface area contributed by atoms with Crippen LogP contribution in [-0.4, -0.2) is 6.54 Å². The second-order valence-corrected chi connectivity index (χ2v) is 2.02. The molecule has 0 aliphatic heterocycles. The van der Waals surface area contributed by atoms with Crippen LogP contribution >= 0.6 is 0 Å². The van der Waals surface area contributed by atoms with E-state index in [2.05, 4.69) is 12.1 Å². The Balaban J connectivity index is 0. The molecule has 1 aromatic carbocycles. The Hall–Kier alpha value is -0.820. The summed E-state index contributed by atoms with van der Waals surface area (Å²) in [4.78, 5) is 0. The highest BCUT2D eigenvalue weighted by Crippen LogP contribution is 1.96. The molecule has 1 nitrogen and oxygen atoms in total. The predicted octanol–water partition coefficient (Wildman–Crippen LogP) is 2.85. The minimum Gasteiger partial charge on any atom is -0.330 e. The third-order valence-corrected chi connectivity index (χ3v) is 1.28. The van der Waals surface area contributed by atoms with Gasteiger partial charge in [-0.1, -0.05) is 51.6 Å². The quantitative estimate of drug-likeness (QED) is 0.720. The van der Waals surface area contributed by atoms with Gasteiger partial charge in [-0.2, -0.15) is 0 Å². The molecule has 0 bridgehead atoms. The number of nitrogens with two attached hydrogens (primary N) is 1. The van der Waals surface area contributed by atoms with E-state index in [0.717, 1.165) is 13.0 Å². The molecule has 0 amide bonds. The van der Waals surface area contributed by atoms with Gasteiger partial charge in [-0.15, -0.1) is 0 Å². The lowest BCUT2D eigenvalue weighted by atomic mass is 10.2. The minimum atomic E-state index is 0. The van der Waals surface area contributed by atoms with E-state index in [4.69, 9.17) is 5.73 Å². The minimum absolute atomic E-state index is 0. The first-order chi connectivity index (χ1) is 5.43. The van der Waals surface area contributed by atoms with Crippen molar-refractivity contribution in [1.82, 2.24) is 0 Å². The van der Waals surface area contributed by atoms with Crippen LogP contribution < -0.4 is 5.73 Å². The topological polar surface area (TPSA) is 26.0 Å². The van der Waals surface area contributed by atoms with Crippen LogP contribution in [0, 0.1) is 0 Å². The smallest absolute Gasteiger partial charge is 0.00367 e. The first-order valence-electron chi connectivity index (χ1n) is 4.17. The molecule has 0 aliphatic carbocycles. The van der Waals surface area contributed by atoms with E-state index in [-0.39, 0.29) is 7.43 Å². The Morgan fingerprint density at radius 1 is 1.08 bits per heavy atom. The molecule has 1 aromatic rings. The predicted molar refractivity (Wildman–Crippen MR) is 57.3 cm³/mol. The van der Waals surface area contributed by atoms with Crippen molar-refractivity contribution in [1.29, 1.82) is 0 Å². The third kappa shape index (κ3) is 5.93. The van der Waals surface area contributed by atoms with E-state index in [1.807, 2.05) is 32.0 Å². The van der Waals surface area contributed by atoms with E-state index in [0.29, 0.717) is 0 Å². The van der Waals surface area contributed by atoms with Crippen molar-refractivity contribution in [2.24, 2.45) is 5.73 Å². The van der Waals surface area contributed by atoms with Crippen molar-refractivity contribution in [2.45, 2.75) is 27.7 Å². The largest absolute Gasteiger partial charge is 0.330 e. The van der Waals surface area contributed by atoms with Gasteiger partial charge in [0.15, 0.2) is 0 Å². The Bertz CT molecular complexity index is 158. The lowest BCUT2D eigenvalue weighted by molar-refractivity contribution is 0.969. The summed E-state index contributed by atoms with van der Waals surface area (Å²) in [5, 5.41) is 0. The highest BCUT2D eigenvalue weighted by Gasteiger charge is 1.84. The average molecular weight is 167 g/mol. The van der Waals surface area contributed by atoms with Crippen molar-refractivity contribution < 1.29 is 0 Å². The Morgan fingerprint density at radius 2 is 1.58 bits per heavy atom. The highest BCUT2D eigenvalue weighted by molar-refractivity contribution is 5.14. The van der Waals surface area contributed by atoms with Gasteiger partial charge in [0.1, 0.15) is 0 Å². The Labute approximate surface area is 76.6 Å². The number of rotatable bonds is 2. The van der Waals surface area contributed by atoms with Crippen LogP contribution in [0.2, 0.25) is 0 Å². The normalized spacial score (nSPS) is 7.58. The average Bonchev–Trinajstić information content (AvgIpc) is 2.11. The van der Waals surface area contributed by atoms with Crippen molar-refractivity contribution in [3.63, 3.8) is 0 Å². The first kappa shape index (κ1) is 13.7. The SMILES string of the molecule is C.CC.NCCc1ccccc1. The molecular formula is C11H21N. The van der Waals surface area contributed by atoms with Gasteiger partial charge in [-0.3, -0.25) is 0 Å². The molecule has 0 unspecified atom stereocenters. The molecule has 0 saturated carbocycles.